The summed E-state index contributed by atoms with van der Waals surface area (Å²) in [6.45, 7) is 4.89. The lowest BCUT2D eigenvalue weighted by molar-refractivity contribution is 0.151. The predicted octanol–water partition coefficient (Wildman–Crippen LogP) is 1.37. The third-order valence-corrected chi connectivity index (χ3v) is 4.56. The third kappa shape index (κ3) is 2.64. The topological polar surface area (TPSA) is 66.5 Å². The summed E-state index contributed by atoms with van der Waals surface area (Å²) >= 11 is 0. The van der Waals surface area contributed by atoms with Crippen LogP contribution in [0, 0.1) is 12.3 Å². The lowest BCUT2D eigenvalue weighted by Gasteiger charge is -2.38. The molecule has 0 radical (unpaired) electrons. The van der Waals surface area contributed by atoms with Gasteiger partial charge in [-0.25, -0.2) is 0 Å². The summed E-state index contributed by atoms with van der Waals surface area (Å²) in [5.74, 6) is 2.38. The number of aryl methyl sites for hydroxylation is 1. The van der Waals surface area contributed by atoms with E-state index >= 15 is 0 Å². The van der Waals surface area contributed by atoms with E-state index in [4.69, 9.17) is 4.52 Å². The van der Waals surface area contributed by atoms with Gasteiger partial charge >= 0.3 is 0 Å². The lowest BCUT2D eigenvalue weighted by atomic mass is 9.68. The number of hydrogen-bond donors (Lipinski definition) is 1. The van der Waals surface area contributed by atoms with Gasteiger partial charge in [0.1, 0.15) is 0 Å². The quantitative estimate of drug-likeness (QED) is 0.667. The minimum atomic E-state index is 0.598. The van der Waals surface area contributed by atoms with Gasteiger partial charge in [-0.05, 0) is 31.6 Å². The number of guanidine groups is 1. The van der Waals surface area contributed by atoms with E-state index in [1.165, 1.54) is 25.7 Å². The molecule has 3 rings (SSSR count). The van der Waals surface area contributed by atoms with Gasteiger partial charge in [0, 0.05) is 33.1 Å². The molecule has 6 nitrogen and oxygen atoms in total. The molecule has 1 saturated carbocycles. The molecule has 1 aliphatic heterocycles. The first kappa shape index (κ1) is 13.4. The highest BCUT2D eigenvalue weighted by molar-refractivity contribution is 5.80. The summed E-state index contributed by atoms with van der Waals surface area (Å²) in [6, 6.07) is 0. The van der Waals surface area contributed by atoms with Crippen LogP contribution in [0.25, 0.3) is 0 Å². The van der Waals surface area contributed by atoms with Crippen molar-refractivity contribution in [2.75, 3.05) is 26.7 Å². The first-order valence-corrected chi connectivity index (χ1v) is 7.46. The number of rotatable bonds is 3. The van der Waals surface area contributed by atoms with Crippen molar-refractivity contribution in [3.05, 3.63) is 11.7 Å². The fourth-order valence-electron chi connectivity index (χ4n) is 3.26. The van der Waals surface area contributed by atoms with Crippen LogP contribution in [0.4, 0.5) is 0 Å². The van der Waals surface area contributed by atoms with E-state index in [0.29, 0.717) is 17.1 Å². The number of nitrogens with one attached hydrogen (secondary N) is 1. The molecule has 0 atom stereocenters. The summed E-state index contributed by atoms with van der Waals surface area (Å²) in [6.07, 6.45) is 6.23. The molecule has 1 spiro atoms. The van der Waals surface area contributed by atoms with Crippen molar-refractivity contribution in [1.82, 2.24) is 20.4 Å². The van der Waals surface area contributed by atoms with Crippen molar-refractivity contribution in [3.63, 3.8) is 0 Å². The molecule has 1 N–H and O–H groups in total. The molecule has 2 fully saturated rings. The number of aliphatic imine (C=N–C) groups is 1. The highest BCUT2D eigenvalue weighted by Crippen LogP contribution is 2.47. The van der Waals surface area contributed by atoms with Gasteiger partial charge in [-0.15, -0.1) is 0 Å². The Bertz CT molecular complexity index is 492. The first-order chi connectivity index (χ1) is 9.71. The molecule has 0 bridgehead atoms. The van der Waals surface area contributed by atoms with Crippen LogP contribution >= 0.6 is 0 Å². The van der Waals surface area contributed by atoms with Gasteiger partial charge in [-0.1, -0.05) is 11.6 Å². The molecule has 1 aromatic rings. The second kappa shape index (κ2) is 5.42. The number of aromatic nitrogens is 2. The maximum atomic E-state index is 5.11. The molecule has 2 heterocycles. The smallest absolute Gasteiger partial charge is 0.228 e. The van der Waals surface area contributed by atoms with Crippen molar-refractivity contribution in [2.24, 2.45) is 10.4 Å². The van der Waals surface area contributed by atoms with Gasteiger partial charge in [0.2, 0.25) is 5.89 Å². The molecule has 6 heteroatoms. The van der Waals surface area contributed by atoms with Gasteiger partial charge in [0.15, 0.2) is 11.8 Å². The van der Waals surface area contributed by atoms with Crippen LogP contribution in [0.3, 0.4) is 0 Å². The molecule has 110 valence electrons. The van der Waals surface area contributed by atoms with E-state index in [0.717, 1.165) is 32.0 Å². The summed E-state index contributed by atoms with van der Waals surface area (Å²) in [7, 11) is 1.85. The lowest BCUT2D eigenvalue weighted by Crippen LogP contribution is -2.43. The molecular formula is C14H23N5O. The third-order valence-electron chi connectivity index (χ3n) is 4.56. The van der Waals surface area contributed by atoms with Crippen molar-refractivity contribution in [3.8, 4) is 0 Å². The second-order valence-electron chi connectivity index (χ2n) is 5.98. The summed E-state index contributed by atoms with van der Waals surface area (Å²) in [4.78, 5) is 11.0. The Kier molecular flexibility index (Phi) is 3.63. The predicted molar refractivity (Wildman–Crippen MR) is 76.6 cm³/mol. The maximum Gasteiger partial charge on any atom is 0.228 e. The number of hydrogen-bond acceptors (Lipinski definition) is 4. The van der Waals surface area contributed by atoms with E-state index in [1.807, 2.05) is 14.0 Å². The molecule has 0 aromatic carbocycles. The Hall–Kier alpha value is -1.59. The zero-order valence-corrected chi connectivity index (χ0v) is 12.4. The fourth-order valence-corrected chi connectivity index (χ4v) is 3.26. The van der Waals surface area contributed by atoms with Crippen LogP contribution in [0.5, 0.6) is 0 Å². The van der Waals surface area contributed by atoms with E-state index in [1.54, 1.807) is 0 Å². The summed E-state index contributed by atoms with van der Waals surface area (Å²) in [5, 5.41) is 7.20. The van der Waals surface area contributed by atoms with Crippen molar-refractivity contribution in [2.45, 2.75) is 39.0 Å². The SMILES string of the molecule is CN=C(NCCc1nc(C)no1)N1CCC2(CCC2)C1. The molecule has 20 heavy (non-hydrogen) atoms. The average molecular weight is 277 g/mol. The fraction of sp³-hybridized carbons (Fsp3) is 0.786. The van der Waals surface area contributed by atoms with Crippen LogP contribution in [0.15, 0.2) is 9.52 Å². The average Bonchev–Trinajstić information content (AvgIpc) is 3.01. The Morgan fingerprint density at radius 3 is 2.85 bits per heavy atom. The van der Waals surface area contributed by atoms with E-state index < -0.39 is 0 Å². The Morgan fingerprint density at radius 2 is 2.30 bits per heavy atom. The van der Waals surface area contributed by atoms with Crippen LogP contribution in [0.2, 0.25) is 0 Å². The highest BCUT2D eigenvalue weighted by Gasteiger charge is 2.43. The maximum absolute atomic E-state index is 5.11. The zero-order valence-electron chi connectivity index (χ0n) is 12.4. The summed E-state index contributed by atoms with van der Waals surface area (Å²) < 4.78 is 5.11. The van der Waals surface area contributed by atoms with Gasteiger partial charge in [-0.3, -0.25) is 4.99 Å². The highest BCUT2D eigenvalue weighted by atomic mass is 16.5. The molecule has 2 aliphatic rings. The molecule has 1 aromatic heterocycles. The standard InChI is InChI=1S/C14H23N5O/c1-11-17-12(20-18-11)4-8-16-13(15-2)19-9-7-14(10-19)5-3-6-14/h3-10H2,1-2H3,(H,15,16). The summed E-state index contributed by atoms with van der Waals surface area (Å²) in [5.41, 5.74) is 0.598. The van der Waals surface area contributed by atoms with E-state index in [9.17, 15) is 0 Å². The first-order valence-electron chi connectivity index (χ1n) is 7.46. The molecule has 1 aliphatic carbocycles. The van der Waals surface area contributed by atoms with Crippen molar-refractivity contribution in [1.29, 1.82) is 0 Å². The molecule has 1 saturated heterocycles. The largest absolute Gasteiger partial charge is 0.356 e. The van der Waals surface area contributed by atoms with Crippen LogP contribution in [0.1, 0.15) is 37.4 Å². The van der Waals surface area contributed by atoms with Gasteiger partial charge < -0.3 is 14.7 Å². The van der Waals surface area contributed by atoms with E-state index in [-0.39, 0.29) is 0 Å². The van der Waals surface area contributed by atoms with Crippen molar-refractivity contribution < 1.29 is 4.52 Å². The normalized spacial score (nSPS) is 21.3. The minimum Gasteiger partial charge on any atom is -0.356 e. The molecular weight excluding hydrogens is 254 g/mol. The van der Waals surface area contributed by atoms with Gasteiger partial charge in [0.25, 0.3) is 0 Å². The Morgan fingerprint density at radius 1 is 1.45 bits per heavy atom. The Balaban J connectivity index is 1.48. The van der Waals surface area contributed by atoms with Crippen molar-refractivity contribution >= 4 is 5.96 Å². The zero-order chi connectivity index (χ0) is 14.0. The van der Waals surface area contributed by atoms with Gasteiger partial charge in [-0.2, -0.15) is 4.98 Å². The van der Waals surface area contributed by atoms with E-state index in [2.05, 4.69) is 25.3 Å². The second-order valence-corrected chi connectivity index (χ2v) is 5.98. The number of nitrogens with zero attached hydrogens (tertiary/aromatic N) is 4. The van der Waals surface area contributed by atoms with Gasteiger partial charge in [0.05, 0.1) is 0 Å². The molecule has 0 unspecified atom stereocenters. The monoisotopic (exact) mass is 277 g/mol. The van der Waals surface area contributed by atoms with Crippen LogP contribution < -0.4 is 5.32 Å². The van der Waals surface area contributed by atoms with Crippen LogP contribution in [-0.2, 0) is 6.42 Å². The van der Waals surface area contributed by atoms with Crippen LogP contribution in [-0.4, -0.2) is 47.7 Å². The Labute approximate surface area is 119 Å². The molecule has 0 amide bonds. The number of likely N-dealkylation sites (tertiary alicyclic amines) is 1. The minimum absolute atomic E-state index is 0.598.